The van der Waals surface area contributed by atoms with Crippen molar-refractivity contribution >= 4 is 11.6 Å². The van der Waals surface area contributed by atoms with Gasteiger partial charge in [-0.05, 0) is 37.4 Å². The molecule has 4 heteroatoms. The maximum absolute atomic E-state index is 11.3. The Kier molecular flexibility index (Phi) is 3.64. The average Bonchev–Trinajstić information content (AvgIpc) is 2.77. The number of primary amides is 1. The molecule has 0 spiro atoms. The van der Waals surface area contributed by atoms with Crippen LogP contribution in [0.2, 0.25) is 0 Å². The van der Waals surface area contributed by atoms with Crippen molar-refractivity contribution in [3.8, 4) is 0 Å². The Balaban J connectivity index is 2.15. The zero-order chi connectivity index (χ0) is 12.3. The lowest BCUT2D eigenvalue weighted by molar-refractivity contribution is 0.100. The van der Waals surface area contributed by atoms with Crippen molar-refractivity contribution in [2.24, 2.45) is 17.4 Å². The molecule has 92 valence electrons. The quantitative estimate of drug-likeness (QED) is 0.733. The van der Waals surface area contributed by atoms with E-state index in [0.717, 1.165) is 18.5 Å². The van der Waals surface area contributed by atoms with Gasteiger partial charge in [0.05, 0.1) is 5.56 Å². The summed E-state index contributed by atoms with van der Waals surface area (Å²) in [6.45, 7) is 0.691. The molecule has 1 aliphatic carbocycles. The predicted molar refractivity (Wildman–Crippen MR) is 68.8 cm³/mol. The number of carbonyl (C=O) groups excluding carboxylic acids is 1. The van der Waals surface area contributed by atoms with Crippen LogP contribution in [0.4, 0.5) is 5.69 Å². The Morgan fingerprint density at radius 1 is 1.35 bits per heavy atom. The van der Waals surface area contributed by atoms with E-state index in [-0.39, 0.29) is 0 Å². The smallest absolute Gasteiger partial charge is 0.250 e. The molecular weight excluding hydrogens is 214 g/mol. The molecule has 1 aliphatic rings. The van der Waals surface area contributed by atoms with Gasteiger partial charge in [0, 0.05) is 11.7 Å². The minimum atomic E-state index is -0.393. The van der Waals surface area contributed by atoms with Crippen LogP contribution < -0.4 is 16.8 Å². The summed E-state index contributed by atoms with van der Waals surface area (Å²) in [5.74, 6) is 0.103. The Hall–Kier alpha value is -1.55. The molecular formula is C13H19N3O. The number of rotatable bonds is 4. The van der Waals surface area contributed by atoms with Crippen molar-refractivity contribution in [1.29, 1.82) is 0 Å². The number of nitrogens with one attached hydrogen (secondary N) is 1. The van der Waals surface area contributed by atoms with Crippen molar-refractivity contribution in [3.05, 3.63) is 29.8 Å². The molecule has 5 N–H and O–H groups in total. The highest BCUT2D eigenvalue weighted by Crippen LogP contribution is 2.28. The largest absolute Gasteiger partial charge is 0.381 e. The molecule has 1 fully saturated rings. The maximum atomic E-state index is 11.3. The first-order valence-electron chi connectivity index (χ1n) is 6.08. The lowest BCUT2D eigenvalue weighted by atomic mass is 10.0. The van der Waals surface area contributed by atoms with Crippen molar-refractivity contribution in [2.75, 3.05) is 11.9 Å². The fourth-order valence-corrected chi connectivity index (χ4v) is 2.53. The second kappa shape index (κ2) is 5.19. The standard InChI is InChI=1S/C13H19N3O/c14-8-9-4-3-7-11(9)16-12-6-2-1-5-10(12)13(15)17/h1-2,5-6,9,11,16H,3-4,7-8,14H2,(H2,15,17). The summed E-state index contributed by atoms with van der Waals surface area (Å²) >= 11 is 0. The van der Waals surface area contributed by atoms with E-state index in [1.165, 1.54) is 6.42 Å². The predicted octanol–water partition coefficient (Wildman–Crippen LogP) is 1.32. The zero-order valence-corrected chi connectivity index (χ0v) is 9.86. The SMILES string of the molecule is NCC1CCCC1Nc1ccccc1C(N)=O. The molecule has 2 unspecified atom stereocenters. The number of nitrogens with two attached hydrogens (primary N) is 2. The molecule has 2 rings (SSSR count). The van der Waals surface area contributed by atoms with Crippen LogP contribution in [0.1, 0.15) is 29.6 Å². The topological polar surface area (TPSA) is 81.1 Å². The van der Waals surface area contributed by atoms with Crippen LogP contribution >= 0.6 is 0 Å². The van der Waals surface area contributed by atoms with Gasteiger partial charge in [-0.1, -0.05) is 18.6 Å². The van der Waals surface area contributed by atoms with Gasteiger partial charge in [-0.3, -0.25) is 4.79 Å². The summed E-state index contributed by atoms with van der Waals surface area (Å²) in [5.41, 5.74) is 12.5. The third-order valence-corrected chi connectivity index (χ3v) is 3.50. The molecule has 4 nitrogen and oxygen atoms in total. The van der Waals surface area contributed by atoms with Gasteiger partial charge in [0.25, 0.3) is 5.91 Å². The number of carbonyl (C=O) groups is 1. The van der Waals surface area contributed by atoms with E-state index in [0.29, 0.717) is 24.1 Å². The van der Waals surface area contributed by atoms with E-state index in [4.69, 9.17) is 11.5 Å². The Bertz CT molecular complexity index is 405. The third kappa shape index (κ3) is 2.58. The van der Waals surface area contributed by atoms with Gasteiger partial charge >= 0.3 is 0 Å². The van der Waals surface area contributed by atoms with Crippen LogP contribution in [-0.2, 0) is 0 Å². The zero-order valence-electron chi connectivity index (χ0n) is 9.86. The molecule has 0 heterocycles. The summed E-state index contributed by atoms with van der Waals surface area (Å²) in [6, 6.07) is 7.73. The fourth-order valence-electron chi connectivity index (χ4n) is 2.53. The molecule has 1 saturated carbocycles. The molecule has 0 bridgehead atoms. The number of anilines is 1. The van der Waals surface area contributed by atoms with Gasteiger partial charge in [0.15, 0.2) is 0 Å². The Labute approximate surface area is 101 Å². The highest BCUT2D eigenvalue weighted by atomic mass is 16.1. The number of amides is 1. The summed E-state index contributed by atoms with van der Waals surface area (Å²) in [4.78, 5) is 11.3. The average molecular weight is 233 g/mol. The van der Waals surface area contributed by atoms with Gasteiger partial charge in [-0.15, -0.1) is 0 Å². The molecule has 17 heavy (non-hydrogen) atoms. The van der Waals surface area contributed by atoms with Crippen LogP contribution in [0.5, 0.6) is 0 Å². The van der Waals surface area contributed by atoms with E-state index >= 15 is 0 Å². The number of hydrogen-bond donors (Lipinski definition) is 3. The van der Waals surface area contributed by atoms with Gasteiger partial charge in [0.1, 0.15) is 0 Å². The Morgan fingerprint density at radius 2 is 2.12 bits per heavy atom. The fraction of sp³-hybridized carbons (Fsp3) is 0.462. The van der Waals surface area contributed by atoms with Crippen LogP contribution in [0.15, 0.2) is 24.3 Å². The molecule has 0 saturated heterocycles. The lowest BCUT2D eigenvalue weighted by Crippen LogP contribution is -2.30. The van der Waals surface area contributed by atoms with Gasteiger partial charge in [-0.2, -0.15) is 0 Å². The van der Waals surface area contributed by atoms with E-state index < -0.39 is 5.91 Å². The normalized spacial score (nSPS) is 23.6. The lowest BCUT2D eigenvalue weighted by Gasteiger charge is -2.21. The molecule has 1 amide bonds. The van der Waals surface area contributed by atoms with Crippen molar-refractivity contribution in [3.63, 3.8) is 0 Å². The first kappa shape index (κ1) is 11.9. The summed E-state index contributed by atoms with van der Waals surface area (Å²) in [6.07, 6.45) is 3.46. The first-order valence-corrected chi connectivity index (χ1v) is 6.08. The maximum Gasteiger partial charge on any atom is 0.250 e. The van der Waals surface area contributed by atoms with Crippen LogP contribution in [0.25, 0.3) is 0 Å². The second-order valence-electron chi connectivity index (χ2n) is 4.59. The van der Waals surface area contributed by atoms with Gasteiger partial charge < -0.3 is 16.8 Å². The molecule has 0 radical (unpaired) electrons. The van der Waals surface area contributed by atoms with Crippen molar-refractivity contribution < 1.29 is 4.79 Å². The molecule has 0 aliphatic heterocycles. The van der Waals surface area contributed by atoms with Crippen LogP contribution in [0.3, 0.4) is 0 Å². The summed E-state index contributed by atoms with van der Waals surface area (Å²) < 4.78 is 0. The molecule has 2 atom stereocenters. The number of benzene rings is 1. The highest BCUT2D eigenvalue weighted by molar-refractivity contribution is 5.98. The van der Waals surface area contributed by atoms with E-state index in [1.807, 2.05) is 18.2 Å². The van der Waals surface area contributed by atoms with E-state index in [9.17, 15) is 4.79 Å². The molecule has 1 aromatic rings. The van der Waals surface area contributed by atoms with E-state index in [2.05, 4.69) is 5.32 Å². The summed E-state index contributed by atoms with van der Waals surface area (Å²) in [5, 5.41) is 3.41. The summed E-state index contributed by atoms with van der Waals surface area (Å²) in [7, 11) is 0. The minimum absolute atomic E-state index is 0.362. The van der Waals surface area contributed by atoms with Crippen LogP contribution in [0, 0.1) is 5.92 Å². The number of para-hydroxylation sites is 1. The third-order valence-electron chi connectivity index (χ3n) is 3.50. The van der Waals surface area contributed by atoms with Gasteiger partial charge in [-0.25, -0.2) is 0 Å². The minimum Gasteiger partial charge on any atom is -0.381 e. The second-order valence-corrected chi connectivity index (χ2v) is 4.59. The first-order chi connectivity index (χ1) is 8.22. The molecule has 0 aromatic heterocycles. The van der Waals surface area contributed by atoms with Crippen molar-refractivity contribution in [1.82, 2.24) is 0 Å². The Morgan fingerprint density at radius 3 is 2.82 bits per heavy atom. The van der Waals surface area contributed by atoms with Crippen LogP contribution in [-0.4, -0.2) is 18.5 Å². The highest BCUT2D eigenvalue weighted by Gasteiger charge is 2.26. The van der Waals surface area contributed by atoms with Gasteiger partial charge in [0.2, 0.25) is 0 Å². The number of hydrogen-bond acceptors (Lipinski definition) is 3. The molecule has 1 aromatic carbocycles. The van der Waals surface area contributed by atoms with Crippen molar-refractivity contribution in [2.45, 2.75) is 25.3 Å². The monoisotopic (exact) mass is 233 g/mol. The van der Waals surface area contributed by atoms with E-state index in [1.54, 1.807) is 6.07 Å².